The molecule has 0 unspecified atom stereocenters. The molecule has 0 radical (unpaired) electrons. The number of rotatable bonds is 5. The summed E-state index contributed by atoms with van der Waals surface area (Å²) in [6, 6.07) is 5.69. The number of aromatic nitrogens is 1. The van der Waals surface area contributed by atoms with E-state index in [1.807, 2.05) is 25.2 Å². The zero-order valence-corrected chi connectivity index (χ0v) is 13.4. The average molecular weight is 322 g/mol. The van der Waals surface area contributed by atoms with Crippen LogP contribution in [0.5, 0.6) is 0 Å². The molecule has 21 heavy (non-hydrogen) atoms. The van der Waals surface area contributed by atoms with E-state index < -0.39 is 0 Å². The second kappa shape index (κ2) is 6.05. The Bertz CT molecular complexity index is 752. The van der Waals surface area contributed by atoms with Crippen molar-refractivity contribution < 1.29 is 4.42 Å². The van der Waals surface area contributed by atoms with Gasteiger partial charge in [0.05, 0.1) is 28.7 Å². The van der Waals surface area contributed by atoms with E-state index >= 15 is 0 Å². The van der Waals surface area contributed by atoms with Crippen molar-refractivity contribution >= 4 is 38.8 Å². The predicted octanol–water partition coefficient (Wildman–Crippen LogP) is 4.18. The van der Waals surface area contributed by atoms with E-state index in [0.29, 0.717) is 11.7 Å². The van der Waals surface area contributed by atoms with Crippen LogP contribution < -0.4 is 10.6 Å². The Morgan fingerprint density at radius 2 is 2.24 bits per heavy atom. The number of pyridine rings is 1. The number of anilines is 1. The minimum absolute atomic E-state index is 0.501. The van der Waals surface area contributed by atoms with Crippen LogP contribution >= 0.6 is 22.9 Å². The van der Waals surface area contributed by atoms with E-state index in [0.717, 1.165) is 28.2 Å². The number of hydrogen-bond acceptors (Lipinski definition) is 5. The van der Waals surface area contributed by atoms with E-state index in [1.54, 1.807) is 17.6 Å². The third kappa shape index (κ3) is 2.90. The molecule has 0 bridgehead atoms. The molecule has 4 nitrogen and oxygen atoms in total. The molecular weight excluding hydrogens is 306 g/mol. The van der Waals surface area contributed by atoms with Gasteiger partial charge in [-0.05, 0) is 31.7 Å². The Morgan fingerprint density at radius 1 is 1.38 bits per heavy atom. The van der Waals surface area contributed by atoms with Gasteiger partial charge in [-0.1, -0.05) is 11.6 Å². The highest BCUT2D eigenvalue weighted by Crippen LogP contribution is 2.36. The number of halogens is 1. The molecular formula is C15H16ClN3OS. The van der Waals surface area contributed by atoms with Gasteiger partial charge in [0.15, 0.2) is 0 Å². The molecule has 0 aromatic carbocycles. The Hall–Kier alpha value is -1.56. The molecule has 0 fully saturated rings. The van der Waals surface area contributed by atoms with Crippen molar-refractivity contribution in [3.05, 3.63) is 45.8 Å². The average Bonchev–Trinajstić information content (AvgIpc) is 3.07. The quantitative estimate of drug-likeness (QED) is 0.692. The van der Waals surface area contributed by atoms with Gasteiger partial charge in [0.25, 0.3) is 0 Å². The molecule has 3 rings (SSSR count). The molecule has 0 atom stereocenters. The van der Waals surface area contributed by atoms with Gasteiger partial charge in [-0.25, -0.2) is 4.98 Å². The van der Waals surface area contributed by atoms with E-state index in [2.05, 4.69) is 22.5 Å². The van der Waals surface area contributed by atoms with Crippen molar-refractivity contribution in [1.29, 1.82) is 0 Å². The number of aryl methyl sites for hydroxylation is 1. The van der Waals surface area contributed by atoms with Crippen LogP contribution in [-0.4, -0.2) is 12.0 Å². The largest absolute Gasteiger partial charge is 0.467 e. The molecule has 0 aliphatic heterocycles. The summed E-state index contributed by atoms with van der Waals surface area (Å²) >= 11 is 7.90. The van der Waals surface area contributed by atoms with Gasteiger partial charge >= 0.3 is 0 Å². The van der Waals surface area contributed by atoms with E-state index in [1.165, 1.54) is 10.4 Å². The second-order valence-electron chi connectivity index (χ2n) is 4.78. The third-order valence-electron chi connectivity index (χ3n) is 3.31. The molecule has 0 saturated carbocycles. The Morgan fingerprint density at radius 3 is 2.95 bits per heavy atom. The number of thiophene rings is 1. The molecule has 2 N–H and O–H groups in total. The Kier molecular flexibility index (Phi) is 4.14. The molecule has 0 aliphatic carbocycles. The van der Waals surface area contributed by atoms with E-state index in [-0.39, 0.29) is 0 Å². The first-order chi connectivity index (χ1) is 10.2. The number of fused-ring (bicyclic) bond motifs is 1. The van der Waals surface area contributed by atoms with Crippen LogP contribution in [-0.2, 0) is 13.1 Å². The number of nitrogens with zero attached hydrogens (tertiary/aromatic N) is 1. The number of furan rings is 1. The standard InChI is InChI=1S/C15H16ClN3OS/c1-9-12(8-17-2)21-15-11(6-13(16)19-14(9)15)18-7-10-4-3-5-20-10/h3-6,17H,7-8H2,1-2H3,(H,18,19). The lowest BCUT2D eigenvalue weighted by Gasteiger charge is -2.06. The highest BCUT2D eigenvalue weighted by Gasteiger charge is 2.14. The summed E-state index contributed by atoms with van der Waals surface area (Å²) in [5.74, 6) is 0.889. The van der Waals surface area contributed by atoms with Crippen molar-refractivity contribution in [3.63, 3.8) is 0 Å². The predicted molar refractivity (Wildman–Crippen MR) is 88.2 cm³/mol. The summed E-state index contributed by atoms with van der Waals surface area (Å²) in [5.41, 5.74) is 3.16. The monoisotopic (exact) mass is 321 g/mol. The first kappa shape index (κ1) is 14.4. The fraction of sp³-hybridized carbons (Fsp3) is 0.267. The summed E-state index contributed by atoms with van der Waals surface area (Å²) in [5, 5.41) is 7.08. The fourth-order valence-corrected chi connectivity index (χ4v) is 3.69. The van der Waals surface area contributed by atoms with Crippen LogP contribution in [0.15, 0.2) is 28.9 Å². The molecule has 3 aromatic heterocycles. The summed E-state index contributed by atoms with van der Waals surface area (Å²) in [6.07, 6.45) is 1.67. The summed E-state index contributed by atoms with van der Waals surface area (Å²) in [6.45, 7) is 3.55. The highest BCUT2D eigenvalue weighted by molar-refractivity contribution is 7.19. The summed E-state index contributed by atoms with van der Waals surface area (Å²) in [7, 11) is 1.94. The van der Waals surface area contributed by atoms with Crippen molar-refractivity contribution in [1.82, 2.24) is 10.3 Å². The van der Waals surface area contributed by atoms with Crippen LogP contribution in [0.25, 0.3) is 10.2 Å². The third-order valence-corrected chi connectivity index (χ3v) is 4.82. The van der Waals surface area contributed by atoms with Crippen molar-refractivity contribution in [2.75, 3.05) is 12.4 Å². The summed E-state index contributed by atoms with van der Waals surface area (Å²) < 4.78 is 6.48. The van der Waals surface area contributed by atoms with Crippen LogP contribution in [0.4, 0.5) is 5.69 Å². The van der Waals surface area contributed by atoms with Crippen molar-refractivity contribution in [2.45, 2.75) is 20.0 Å². The molecule has 0 spiro atoms. The van der Waals surface area contributed by atoms with Crippen LogP contribution in [0.3, 0.4) is 0 Å². The van der Waals surface area contributed by atoms with Crippen LogP contribution in [0.1, 0.15) is 16.2 Å². The van der Waals surface area contributed by atoms with E-state index in [4.69, 9.17) is 16.0 Å². The number of nitrogens with one attached hydrogen (secondary N) is 2. The van der Waals surface area contributed by atoms with Gasteiger partial charge in [0, 0.05) is 17.5 Å². The van der Waals surface area contributed by atoms with E-state index in [9.17, 15) is 0 Å². The van der Waals surface area contributed by atoms with Crippen LogP contribution in [0, 0.1) is 6.92 Å². The first-order valence-corrected chi connectivity index (χ1v) is 7.88. The van der Waals surface area contributed by atoms with Gasteiger partial charge in [0.1, 0.15) is 10.9 Å². The zero-order valence-electron chi connectivity index (χ0n) is 11.9. The lowest BCUT2D eigenvalue weighted by atomic mass is 10.2. The van der Waals surface area contributed by atoms with Gasteiger partial charge in [-0.2, -0.15) is 0 Å². The molecule has 3 aromatic rings. The van der Waals surface area contributed by atoms with Crippen LogP contribution in [0.2, 0.25) is 5.15 Å². The minimum Gasteiger partial charge on any atom is -0.467 e. The lowest BCUT2D eigenvalue weighted by Crippen LogP contribution is -2.04. The molecule has 0 saturated heterocycles. The van der Waals surface area contributed by atoms with Crippen molar-refractivity contribution in [2.24, 2.45) is 0 Å². The summed E-state index contributed by atoms with van der Waals surface area (Å²) in [4.78, 5) is 5.75. The first-order valence-electron chi connectivity index (χ1n) is 6.68. The molecule has 0 aliphatic rings. The molecule has 110 valence electrons. The number of hydrogen-bond donors (Lipinski definition) is 2. The van der Waals surface area contributed by atoms with Gasteiger partial charge in [-0.3, -0.25) is 0 Å². The topological polar surface area (TPSA) is 50.1 Å². The molecule has 0 amide bonds. The minimum atomic E-state index is 0.501. The maximum absolute atomic E-state index is 6.16. The van der Waals surface area contributed by atoms with Crippen molar-refractivity contribution in [3.8, 4) is 0 Å². The SMILES string of the molecule is CNCc1sc2c(NCc3ccco3)cc(Cl)nc2c1C. The maximum Gasteiger partial charge on any atom is 0.131 e. The Labute approximate surface area is 132 Å². The van der Waals surface area contributed by atoms with Gasteiger partial charge < -0.3 is 15.1 Å². The maximum atomic E-state index is 6.16. The van der Waals surface area contributed by atoms with Gasteiger partial charge in [-0.15, -0.1) is 11.3 Å². The van der Waals surface area contributed by atoms with Gasteiger partial charge in [0.2, 0.25) is 0 Å². The smallest absolute Gasteiger partial charge is 0.131 e. The highest BCUT2D eigenvalue weighted by atomic mass is 35.5. The lowest BCUT2D eigenvalue weighted by molar-refractivity contribution is 0.518. The zero-order chi connectivity index (χ0) is 14.8. The normalized spacial score (nSPS) is 11.2. The second-order valence-corrected chi connectivity index (χ2v) is 6.28. The Balaban J connectivity index is 1.98. The molecule has 6 heteroatoms. The fourth-order valence-electron chi connectivity index (χ4n) is 2.25. The molecule has 3 heterocycles.